The van der Waals surface area contributed by atoms with Gasteiger partial charge in [0, 0.05) is 23.6 Å². The van der Waals surface area contributed by atoms with Crippen LogP contribution in [-0.4, -0.2) is 37.4 Å². The molecule has 0 spiro atoms. The van der Waals surface area contributed by atoms with Crippen molar-refractivity contribution in [3.63, 3.8) is 0 Å². The molecule has 5 heteroatoms. The molecule has 1 aromatic heterocycles. The van der Waals surface area contributed by atoms with E-state index in [1.165, 1.54) is 0 Å². The Bertz CT molecular complexity index is 542. The molecule has 0 radical (unpaired) electrons. The third-order valence-corrected chi connectivity index (χ3v) is 3.80. The van der Waals surface area contributed by atoms with Gasteiger partial charge in [-0.3, -0.25) is 0 Å². The third kappa shape index (κ3) is 3.77. The van der Waals surface area contributed by atoms with Crippen LogP contribution >= 0.6 is 15.9 Å². The first-order valence-electron chi connectivity index (χ1n) is 6.66. The number of aromatic nitrogens is 2. The molecule has 0 aliphatic heterocycles. The first-order chi connectivity index (χ1) is 9.72. The van der Waals surface area contributed by atoms with E-state index in [9.17, 15) is 0 Å². The van der Waals surface area contributed by atoms with Crippen molar-refractivity contribution >= 4 is 21.7 Å². The lowest BCUT2D eigenvalue weighted by molar-refractivity contribution is 0.706. The van der Waals surface area contributed by atoms with E-state index in [4.69, 9.17) is 0 Å². The summed E-state index contributed by atoms with van der Waals surface area (Å²) in [6.07, 6.45) is 1.08. The van der Waals surface area contributed by atoms with E-state index in [-0.39, 0.29) is 0 Å². The van der Waals surface area contributed by atoms with Crippen molar-refractivity contribution in [1.82, 2.24) is 15.5 Å². The van der Waals surface area contributed by atoms with Gasteiger partial charge in [-0.2, -0.15) is 0 Å². The lowest BCUT2D eigenvalue weighted by Gasteiger charge is -2.17. The van der Waals surface area contributed by atoms with Crippen LogP contribution in [0.4, 0.5) is 5.82 Å². The summed E-state index contributed by atoms with van der Waals surface area (Å²) >= 11 is 3.54. The molecule has 2 aromatic rings. The Morgan fingerprint density at radius 1 is 1.15 bits per heavy atom. The van der Waals surface area contributed by atoms with E-state index < -0.39 is 0 Å². The largest absolute Gasteiger partial charge is 0.358 e. The van der Waals surface area contributed by atoms with Crippen molar-refractivity contribution in [3.05, 3.63) is 40.9 Å². The summed E-state index contributed by atoms with van der Waals surface area (Å²) in [7, 11) is 4.00. The van der Waals surface area contributed by atoms with E-state index in [1.54, 1.807) is 0 Å². The summed E-state index contributed by atoms with van der Waals surface area (Å²) in [6, 6.07) is 12.1. The van der Waals surface area contributed by atoms with Gasteiger partial charge in [0.15, 0.2) is 5.82 Å². The van der Waals surface area contributed by atoms with Crippen LogP contribution < -0.4 is 10.2 Å². The number of rotatable bonds is 6. The van der Waals surface area contributed by atoms with Crippen LogP contribution in [0, 0.1) is 0 Å². The summed E-state index contributed by atoms with van der Waals surface area (Å²) in [6.45, 7) is 1.97. The van der Waals surface area contributed by atoms with E-state index in [0.29, 0.717) is 0 Å². The smallest absolute Gasteiger partial charge is 0.151 e. The third-order valence-electron chi connectivity index (χ3n) is 3.11. The van der Waals surface area contributed by atoms with E-state index in [1.807, 2.05) is 50.5 Å². The SMILES string of the molecule is CNCCCN(C)c1ccc(-c2ccccc2Br)nn1. The molecule has 0 bridgehead atoms. The maximum absolute atomic E-state index is 4.32. The predicted octanol–water partition coefficient (Wildman–Crippen LogP) is 2.95. The van der Waals surface area contributed by atoms with Crippen molar-refractivity contribution < 1.29 is 0 Å². The van der Waals surface area contributed by atoms with Gasteiger partial charge < -0.3 is 10.2 Å². The van der Waals surface area contributed by atoms with E-state index in [0.717, 1.165) is 41.1 Å². The summed E-state index contributed by atoms with van der Waals surface area (Å²) in [5.41, 5.74) is 1.94. The van der Waals surface area contributed by atoms with Crippen LogP contribution in [0.5, 0.6) is 0 Å². The molecule has 1 heterocycles. The second-order valence-corrected chi connectivity index (χ2v) is 5.49. The molecule has 0 saturated heterocycles. The molecular formula is C15H19BrN4. The Kier molecular flexibility index (Phi) is 5.49. The number of benzene rings is 1. The van der Waals surface area contributed by atoms with Gasteiger partial charge in [-0.05, 0) is 38.2 Å². The normalized spacial score (nSPS) is 10.6. The number of nitrogens with zero attached hydrogens (tertiary/aromatic N) is 3. The maximum Gasteiger partial charge on any atom is 0.151 e. The molecule has 4 nitrogen and oxygen atoms in total. The van der Waals surface area contributed by atoms with Gasteiger partial charge >= 0.3 is 0 Å². The number of halogens is 1. The van der Waals surface area contributed by atoms with Gasteiger partial charge in [0.25, 0.3) is 0 Å². The molecule has 0 atom stereocenters. The second kappa shape index (κ2) is 7.36. The van der Waals surface area contributed by atoms with Crippen LogP contribution in [0.1, 0.15) is 6.42 Å². The van der Waals surface area contributed by atoms with Crippen LogP contribution in [0.15, 0.2) is 40.9 Å². The lowest BCUT2D eigenvalue weighted by atomic mass is 10.1. The molecule has 0 aliphatic carbocycles. The zero-order valence-electron chi connectivity index (χ0n) is 11.8. The Morgan fingerprint density at radius 3 is 2.60 bits per heavy atom. The maximum atomic E-state index is 4.32. The Hall–Kier alpha value is -1.46. The fourth-order valence-corrected chi connectivity index (χ4v) is 2.44. The number of nitrogens with one attached hydrogen (secondary N) is 1. The fraction of sp³-hybridized carbons (Fsp3) is 0.333. The first kappa shape index (κ1) is 14.9. The lowest BCUT2D eigenvalue weighted by Crippen LogP contribution is -2.23. The van der Waals surface area contributed by atoms with E-state index in [2.05, 4.69) is 36.3 Å². The molecule has 2 rings (SSSR count). The molecule has 1 aromatic carbocycles. The number of hydrogen-bond donors (Lipinski definition) is 1. The highest BCUT2D eigenvalue weighted by Gasteiger charge is 2.06. The average molecular weight is 335 g/mol. The minimum Gasteiger partial charge on any atom is -0.358 e. The topological polar surface area (TPSA) is 41.0 Å². The van der Waals surface area contributed by atoms with E-state index >= 15 is 0 Å². The number of anilines is 1. The zero-order chi connectivity index (χ0) is 14.4. The van der Waals surface area contributed by atoms with Gasteiger partial charge in [-0.15, -0.1) is 10.2 Å². The molecule has 0 amide bonds. The van der Waals surface area contributed by atoms with Crippen LogP contribution in [-0.2, 0) is 0 Å². The summed E-state index contributed by atoms with van der Waals surface area (Å²) < 4.78 is 1.03. The molecule has 106 valence electrons. The van der Waals surface area contributed by atoms with Crippen molar-refractivity contribution in [3.8, 4) is 11.3 Å². The molecule has 0 aliphatic rings. The van der Waals surface area contributed by atoms with Gasteiger partial charge in [-0.1, -0.05) is 34.1 Å². The molecule has 1 N–H and O–H groups in total. The summed E-state index contributed by atoms with van der Waals surface area (Å²) in [4.78, 5) is 2.12. The highest BCUT2D eigenvalue weighted by molar-refractivity contribution is 9.10. The number of hydrogen-bond acceptors (Lipinski definition) is 4. The molecular weight excluding hydrogens is 316 g/mol. The van der Waals surface area contributed by atoms with Crippen molar-refractivity contribution in [2.24, 2.45) is 0 Å². The highest BCUT2D eigenvalue weighted by atomic mass is 79.9. The highest BCUT2D eigenvalue weighted by Crippen LogP contribution is 2.26. The van der Waals surface area contributed by atoms with Gasteiger partial charge in [0.2, 0.25) is 0 Å². The average Bonchev–Trinajstić information content (AvgIpc) is 2.48. The van der Waals surface area contributed by atoms with Gasteiger partial charge in [0.05, 0.1) is 5.69 Å². The Balaban J connectivity index is 2.08. The molecule has 0 saturated carbocycles. The van der Waals surface area contributed by atoms with Crippen LogP contribution in [0.2, 0.25) is 0 Å². The van der Waals surface area contributed by atoms with Crippen LogP contribution in [0.25, 0.3) is 11.3 Å². The Labute approximate surface area is 128 Å². The van der Waals surface area contributed by atoms with Crippen LogP contribution in [0.3, 0.4) is 0 Å². The predicted molar refractivity (Wildman–Crippen MR) is 87.0 cm³/mol. The summed E-state index contributed by atoms with van der Waals surface area (Å²) in [5.74, 6) is 0.900. The molecule has 0 fully saturated rings. The minimum atomic E-state index is 0.879. The minimum absolute atomic E-state index is 0.879. The first-order valence-corrected chi connectivity index (χ1v) is 7.46. The van der Waals surface area contributed by atoms with Crippen molar-refractivity contribution in [1.29, 1.82) is 0 Å². The fourth-order valence-electron chi connectivity index (χ4n) is 1.95. The monoisotopic (exact) mass is 334 g/mol. The zero-order valence-corrected chi connectivity index (χ0v) is 13.4. The Morgan fingerprint density at radius 2 is 1.95 bits per heavy atom. The second-order valence-electron chi connectivity index (χ2n) is 4.64. The van der Waals surface area contributed by atoms with Crippen molar-refractivity contribution in [2.45, 2.75) is 6.42 Å². The standard InChI is InChI=1S/C15H19BrN4/c1-17-10-5-11-20(2)15-9-8-14(18-19-15)12-6-3-4-7-13(12)16/h3-4,6-9,17H,5,10-11H2,1-2H3. The molecule has 0 unspecified atom stereocenters. The quantitative estimate of drug-likeness (QED) is 0.824. The summed E-state index contributed by atoms with van der Waals surface area (Å²) in [5, 5.41) is 11.8. The van der Waals surface area contributed by atoms with Gasteiger partial charge in [0.1, 0.15) is 0 Å². The van der Waals surface area contributed by atoms with Crippen molar-refractivity contribution in [2.75, 3.05) is 32.1 Å². The molecule has 20 heavy (non-hydrogen) atoms. The van der Waals surface area contributed by atoms with Gasteiger partial charge in [-0.25, -0.2) is 0 Å².